The molecule has 0 rings (SSSR count). The Morgan fingerprint density at radius 2 is 1.82 bits per heavy atom. The highest BCUT2D eigenvalue weighted by molar-refractivity contribution is 4.73. The standard InChI is InChI=1S/C14H32N2O/c1-6-9-15-10-8-14(4)16(11-12-17-5)13(3)7-2/h13-15H,6-12H2,1-5H3. The lowest BCUT2D eigenvalue weighted by molar-refractivity contribution is 0.0907. The van der Waals surface area contributed by atoms with Crippen LogP contribution in [0.15, 0.2) is 0 Å². The van der Waals surface area contributed by atoms with E-state index in [0.29, 0.717) is 12.1 Å². The summed E-state index contributed by atoms with van der Waals surface area (Å²) in [5.74, 6) is 0. The van der Waals surface area contributed by atoms with E-state index in [1.54, 1.807) is 7.11 Å². The van der Waals surface area contributed by atoms with Gasteiger partial charge >= 0.3 is 0 Å². The SMILES string of the molecule is CCCNCCC(C)N(CCOC)C(C)CC. The quantitative estimate of drug-likeness (QED) is 0.565. The number of ether oxygens (including phenoxy) is 1. The molecule has 0 saturated carbocycles. The average Bonchev–Trinajstić information content (AvgIpc) is 2.34. The molecule has 2 unspecified atom stereocenters. The third kappa shape index (κ3) is 7.74. The molecule has 0 aliphatic rings. The highest BCUT2D eigenvalue weighted by Gasteiger charge is 2.17. The van der Waals surface area contributed by atoms with Gasteiger partial charge in [-0.2, -0.15) is 0 Å². The number of hydrogen-bond donors (Lipinski definition) is 1. The fourth-order valence-corrected chi connectivity index (χ4v) is 2.08. The summed E-state index contributed by atoms with van der Waals surface area (Å²) in [6, 6.07) is 1.27. The van der Waals surface area contributed by atoms with Crippen molar-refractivity contribution in [3.05, 3.63) is 0 Å². The predicted octanol–water partition coefficient (Wildman–Crippen LogP) is 2.51. The second kappa shape index (κ2) is 11.0. The normalized spacial score (nSPS) is 15.2. The molecule has 3 nitrogen and oxygen atoms in total. The second-order valence-corrected chi connectivity index (χ2v) is 4.88. The van der Waals surface area contributed by atoms with E-state index in [4.69, 9.17) is 4.74 Å². The second-order valence-electron chi connectivity index (χ2n) is 4.88. The van der Waals surface area contributed by atoms with Crippen molar-refractivity contribution in [2.75, 3.05) is 33.4 Å². The van der Waals surface area contributed by atoms with Gasteiger partial charge in [0, 0.05) is 25.7 Å². The highest BCUT2D eigenvalue weighted by atomic mass is 16.5. The summed E-state index contributed by atoms with van der Waals surface area (Å²) < 4.78 is 5.20. The minimum Gasteiger partial charge on any atom is -0.383 e. The maximum atomic E-state index is 5.20. The molecule has 0 aliphatic heterocycles. The molecule has 0 radical (unpaired) electrons. The molecule has 0 fully saturated rings. The van der Waals surface area contributed by atoms with Gasteiger partial charge in [0.25, 0.3) is 0 Å². The summed E-state index contributed by atoms with van der Waals surface area (Å²) >= 11 is 0. The van der Waals surface area contributed by atoms with Crippen LogP contribution < -0.4 is 5.32 Å². The first-order valence-corrected chi connectivity index (χ1v) is 7.12. The van der Waals surface area contributed by atoms with Crippen LogP contribution in [-0.2, 0) is 4.74 Å². The van der Waals surface area contributed by atoms with E-state index < -0.39 is 0 Å². The maximum Gasteiger partial charge on any atom is 0.0589 e. The van der Waals surface area contributed by atoms with Crippen LogP contribution in [0.25, 0.3) is 0 Å². The van der Waals surface area contributed by atoms with E-state index in [0.717, 1.165) is 26.2 Å². The Morgan fingerprint density at radius 1 is 1.12 bits per heavy atom. The van der Waals surface area contributed by atoms with Crippen molar-refractivity contribution in [2.24, 2.45) is 0 Å². The number of nitrogens with one attached hydrogen (secondary N) is 1. The van der Waals surface area contributed by atoms with Crippen LogP contribution >= 0.6 is 0 Å². The molecule has 0 aromatic carbocycles. The fraction of sp³-hybridized carbons (Fsp3) is 1.00. The summed E-state index contributed by atoms with van der Waals surface area (Å²) in [7, 11) is 1.78. The molecule has 17 heavy (non-hydrogen) atoms. The molecule has 104 valence electrons. The van der Waals surface area contributed by atoms with Crippen LogP contribution in [0.1, 0.15) is 47.0 Å². The minimum atomic E-state index is 0.629. The third-order valence-corrected chi connectivity index (χ3v) is 3.44. The van der Waals surface area contributed by atoms with E-state index in [9.17, 15) is 0 Å². The van der Waals surface area contributed by atoms with Crippen molar-refractivity contribution >= 4 is 0 Å². The van der Waals surface area contributed by atoms with Gasteiger partial charge in [-0.15, -0.1) is 0 Å². The van der Waals surface area contributed by atoms with Gasteiger partial charge in [0.1, 0.15) is 0 Å². The minimum absolute atomic E-state index is 0.629. The van der Waals surface area contributed by atoms with Crippen molar-refractivity contribution in [1.82, 2.24) is 10.2 Å². The zero-order chi connectivity index (χ0) is 13.1. The first-order valence-electron chi connectivity index (χ1n) is 7.12. The van der Waals surface area contributed by atoms with Gasteiger partial charge in [0.2, 0.25) is 0 Å². The Bertz CT molecular complexity index is 164. The van der Waals surface area contributed by atoms with Crippen LogP contribution in [-0.4, -0.2) is 50.3 Å². The summed E-state index contributed by atoms with van der Waals surface area (Å²) in [6.07, 6.45) is 3.64. The van der Waals surface area contributed by atoms with Crippen LogP contribution in [0.4, 0.5) is 0 Å². The van der Waals surface area contributed by atoms with Gasteiger partial charge in [-0.05, 0) is 46.2 Å². The third-order valence-electron chi connectivity index (χ3n) is 3.44. The first kappa shape index (κ1) is 16.9. The monoisotopic (exact) mass is 244 g/mol. The van der Waals surface area contributed by atoms with E-state index >= 15 is 0 Å². The summed E-state index contributed by atoms with van der Waals surface area (Å²) in [4.78, 5) is 2.57. The summed E-state index contributed by atoms with van der Waals surface area (Å²) in [6.45, 7) is 13.2. The number of nitrogens with zero attached hydrogens (tertiary/aromatic N) is 1. The van der Waals surface area contributed by atoms with Crippen LogP contribution in [0.2, 0.25) is 0 Å². The Morgan fingerprint density at radius 3 is 2.35 bits per heavy atom. The molecule has 0 saturated heterocycles. The van der Waals surface area contributed by atoms with Crippen LogP contribution in [0.5, 0.6) is 0 Å². The van der Waals surface area contributed by atoms with Gasteiger partial charge in [-0.1, -0.05) is 13.8 Å². The van der Waals surface area contributed by atoms with E-state index in [-0.39, 0.29) is 0 Å². The van der Waals surface area contributed by atoms with Crippen molar-refractivity contribution in [2.45, 2.75) is 59.0 Å². The van der Waals surface area contributed by atoms with E-state index in [1.165, 1.54) is 19.3 Å². The smallest absolute Gasteiger partial charge is 0.0589 e. The fourth-order valence-electron chi connectivity index (χ4n) is 2.08. The van der Waals surface area contributed by atoms with E-state index in [1.807, 2.05) is 0 Å². The van der Waals surface area contributed by atoms with Crippen molar-refractivity contribution in [1.29, 1.82) is 0 Å². The molecule has 0 aromatic heterocycles. The molecular formula is C14H32N2O. The number of rotatable bonds is 11. The van der Waals surface area contributed by atoms with E-state index in [2.05, 4.69) is 37.9 Å². The highest BCUT2D eigenvalue weighted by Crippen LogP contribution is 2.11. The summed E-state index contributed by atoms with van der Waals surface area (Å²) in [5, 5.41) is 3.48. The summed E-state index contributed by atoms with van der Waals surface area (Å²) in [5.41, 5.74) is 0. The molecule has 0 bridgehead atoms. The Balaban J connectivity index is 3.98. The maximum absolute atomic E-state index is 5.20. The van der Waals surface area contributed by atoms with Crippen molar-refractivity contribution in [3.63, 3.8) is 0 Å². The van der Waals surface area contributed by atoms with Crippen molar-refractivity contribution < 1.29 is 4.74 Å². The number of methoxy groups -OCH3 is 1. The molecule has 0 heterocycles. The number of hydrogen-bond acceptors (Lipinski definition) is 3. The predicted molar refractivity (Wildman–Crippen MR) is 75.6 cm³/mol. The molecule has 0 amide bonds. The lowest BCUT2D eigenvalue weighted by atomic mass is 10.1. The Hall–Kier alpha value is -0.120. The van der Waals surface area contributed by atoms with Crippen LogP contribution in [0, 0.1) is 0 Å². The van der Waals surface area contributed by atoms with Gasteiger partial charge in [-0.25, -0.2) is 0 Å². The molecular weight excluding hydrogens is 212 g/mol. The molecule has 0 spiro atoms. The van der Waals surface area contributed by atoms with Crippen LogP contribution in [0.3, 0.4) is 0 Å². The Labute approximate surface area is 108 Å². The molecule has 0 aromatic rings. The van der Waals surface area contributed by atoms with Crippen molar-refractivity contribution in [3.8, 4) is 0 Å². The molecule has 3 heteroatoms. The van der Waals surface area contributed by atoms with Gasteiger partial charge in [0.05, 0.1) is 6.61 Å². The van der Waals surface area contributed by atoms with Gasteiger partial charge < -0.3 is 10.1 Å². The lowest BCUT2D eigenvalue weighted by Gasteiger charge is -2.34. The van der Waals surface area contributed by atoms with Gasteiger partial charge in [0.15, 0.2) is 0 Å². The zero-order valence-corrected chi connectivity index (χ0v) is 12.5. The zero-order valence-electron chi connectivity index (χ0n) is 12.5. The molecule has 1 N–H and O–H groups in total. The topological polar surface area (TPSA) is 24.5 Å². The largest absolute Gasteiger partial charge is 0.383 e. The first-order chi connectivity index (χ1) is 8.17. The Kier molecular flexibility index (Phi) is 10.9. The molecule has 2 atom stereocenters. The molecule has 0 aliphatic carbocycles. The lowest BCUT2D eigenvalue weighted by Crippen LogP contribution is -2.43. The van der Waals surface area contributed by atoms with Gasteiger partial charge in [-0.3, -0.25) is 4.90 Å². The average molecular weight is 244 g/mol.